The normalized spacial score (nSPS) is 27.1. The van der Waals surface area contributed by atoms with Gasteiger partial charge in [-0.05, 0) is 18.1 Å². The van der Waals surface area contributed by atoms with E-state index >= 15 is 0 Å². The van der Waals surface area contributed by atoms with Crippen molar-refractivity contribution in [3.8, 4) is 0 Å². The second-order valence-electron chi connectivity index (χ2n) is 7.87. The lowest BCUT2D eigenvalue weighted by atomic mass is 9.86. The number of hydrogen-bond donors (Lipinski definition) is 0. The maximum absolute atomic E-state index is 13.6. The zero-order valence-electron chi connectivity index (χ0n) is 16.2. The quantitative estimate of drug-likeness (QED) is 0.598. The van der Waals surface area contributed by atoms with E-state index in [1.165, 1.54) is 4.90 Å². The molecule has 0 saturated carbocycles. The molecule has 5 rings (SSSR count). The first-order chi connectivity index (χ1) is 14.1. The van der Waals surface area contributed by atoms with Gasteiger partial charge in [-0.25, -0.2) is 0 Å². The first kappa shape index (κ1) is 17.9. The molecule has 3 aliphatic heterocycles. The van der Waals surface area contributed by atoms with Gasteiger partial charge in [0.25, 0.3) is 0 Å². The highest BCUT2D eigenvalue weighted by Crippen LogP contribution is 2.48. The summed E-state index contributed by atoms with van der Waals surface area (Å²) in [6.45, 7) is 2.36. The first-order valence-electron chi connectivity index (χ1n) is 10.1. The molecule has 2 saturated heterocycles. The number of para-hydroxylation sites is 1. The van der Waals surface area contributed by atoms with Gasteiger partial charge >= 0.3 is 0 Å². The first-order valence-corrected chi connectivity index (χ1v) is 10.1. The summed E-state index contributed by atoms with van der Waals surface area (Å²) in [5, 5.41) is 0. The molecule has 4 atom stereocenters. The number of imide groups is 1. The molecule has 0 aromatic heterocycles. The molecule has 0 N–H and O–H groups in total. The highest BCUT2D eigenvalue weighted by molar-refractivity contribution is 6.14. The van der Waals surface area contributed by atoms with E-state index in [9.17, 15) is 14.4 Å². The summed E-state index contributed by atoms with van der Waals surface area (Å²) in [5.74, 6) is -1.63. The number of hydrogen-bond acceptors (Lipinski definition) is 4. The SMILES string of the molecule is CCCN1C(=O)[C@@H]2[C@H](C1=O)[C@H](C(=O)c1ccccc1)N1c3ccccc3C=C[C@@H]21. The van der Waals surface area contributed by atoms with Gasteiger partial charge in [0.2, 0.25) is 11.8 Å². The molecule has 0 radical (unpaired) electrons. The maximum atomic E-state index is 13.6. The molecule has 3 heterocycles. The van der Waals surface area contributed by atoms with Gasteiger partial charge in [-0.15, -0.1) is 0 Å². The van der Waals surface area contributed by atoms with Crippen LogP contribution in [0.5, 0.6) is 0 Å². The van der Waals surface area contributed by atoms with Crippen molar-refractivity contribution in [2.45, 2.75) is 25.4 Å². The lowest BCUT2D eigenvalue weighted by Gasteiger charge is -2.36. The lowest BCUT2D eigenvalue weighted by molar-refractivity contribution is -0.140. The Morgan fingerprint density at radius 1 is 0.931 bits per heavy atom. The highest BCUT2D eigenvalue weighted by atomic mass is 16.2. The fourth-order valence-corrected chi connectivity index (χ4v) is 5.09. The van der Waals surface area contributed by atoms with Crippen LogP contribution in [0.3, 0.4) is 0 Å². The summed E-state index contributed by atoms with van der Waals surface area (Å²) in [4.78, 5) is 43.5. The average molecular weight is 386 g/mol. The minimum absolute atomic E-state index is 0.104. The van der Waals surface area contributed by atoms with Crippen LogP contribution in [0.15, 0.2) is 60.7 Å². The summed E-state index contributed by atoms with van der Waals surface area (Å²) in [5.41, 5.74) is 2.48. The summed E-state index contributed by atoms with van der Waals surface area (Å²) < 4.78 is 0. The Kier molecular flexibility index (Phi) is 4.12. The topological polar surface area (TPSA) is 57.7 Å². The summed E-state index contributed by atoms with van der Waals surface area (Å²) in [6.07, 6.45) is 4.70. The van der Waals surface area contributed by atoms with Gasteiger partial charge in [-0.1, -0.05) is 67.6 Å². The molecule has 0 aliphatic carbocycles. The van der Waals surface area contributed by atoms with Crippen molar-refractivity contribution < 1.29 is 14.4 Å². The number of benzene rings is 2. The van der Waals surface area contributed by atoms with Crippen molar-refractivity contribution in [1.82, 2.24) is 4.90 Å². The Hall–Kier alpha value is -3.21. The molecule has 146 valence electrons. The van der Waals surface area contributed by atoms with Crippen molar-refractivity contribution in [1.29, 1.82) is 0 Å². The average Bonchev–Trinajstić information content (AvgIpc) is 3.23. The van der Waals surface area contributed by atoms with E-state index in [1.54, 1.807) is 12.1 Å². The minimum atomic E-state index is -0.684. The largest absolute Gasteiger partial charge is 0.352 e. The summed E-state index contributed by atoms with van der Waals surface area (Å²) in [6, 6.07) is 15.9. The molecule has 0 unspecified atom stereocenters. The van der Waals surface area contributed by atoms with Gasteiger partial charge in [-0.3, -0.25) is 19.3 Å². The van der Waals surface area contributed by atoms with Crippen LogP contribution in [-0.2, 0) is 9.59 Å². The molecule has 2 aromatic rings. The van der Waals surface area contributed by atoms with Crippen molar-refractivity contribution in [3.63, 3.8) is 0 Å². The van der Waals surface area contributed by atoms with E-state index in [0.717, 1.165) is 11.3 Å². The van der Waals surface area contributed by atoms with Gasteiger partial charge in [0.05, 0.1) is 17.9 Å². The van der Waals surface area contributed by atoms with Crippen molar-refractivity contribution in [2.24, 2.45) is 11.8 Å². The number of nitrogens with zero attached hydrogens (tertiary/aromatic N) is 2. The number of fused-ring (bicyclic) bond motifs is 5. The van der Waals surface area contributed by atoms with Crippen LogP contribution in [0, 0.1) is 11.8 Å². The van der Waals surface area contributed by atoms with Gasteiger partial charge < -0.3 is 4.90 Å². The monoisotopic (exact) mass is 386 g/mol. The second kappa shape index (κ2) is 6.69. The predicted octanol–water partition coefficient (Wildman–Crippen LogP) is 3.16. The Balaban J connectivity index is 1.66. The van der Waals surface area contributed by atoms with Gasteiger partial charge in [0, 0.05) is 17.8 Å². The number of carbonyl (C=O) groups excluding carboxylic acids is 3. The third-order valence-corrected chi connectivity index (χ3v) is 6.28. The smallest absolute Gasteiger partial charge is 0.235 e. The number of Topliss-reactive ketones (excluding diaryl/α,β-unsaturated/α-hetero) is 1. The van der Waals surface area contributed by atoms with Gasteiger partial charge in [0.15, 0.2) is 5.78 Å². The molecule has 29 heavy (non-hydrogen) atoms. The molecule has 0 bridgehead atoms. The number of anilines is 1. The molecular formula is C24H22N2O3. The molecule has 5 nitrogen and oxygen atoms in total. The Bertz CT molecular complexity index is 1030. The number of amides is 2. The Labute approximate surface area is 169 Å². The van der Waals surface area contributed by atoms with Crippen LogP contribution in [0.4, 0.5) is 5.69 Å². The van der Waals surface area contributed by atoms with E-state index in [1.807, 2.05) is 66.4 Å². The standard InChI is InChI=1S/C24H22N2O3/c1-2-14-25-23(28)19-18-13-12-15-8-6-7-11-17(15)26(18)21(20(19)24(25)29)22(27)16-9-4-3-5-10-16/h3-13,18-21H,2,14H2,1H3/t18-,19-,20-,21+/m0/s1. The molecule has 3 aliphatic rings. The molecule has 2 amide bonds. The third kappa shape index (κ3) is 2.50. The van der Waals surface area contributed by atoms with E-state index in [4.69, 9.17) is 0 Å². The molecule has 5 heteroatoms. The third-order valence-electron chi connectivity index (χ3n) is 6.28. The molecule has 2 fully saturated rings. The van der Waals surface area contributed by atoms with Gasteiger partial charge in [-0.2, -0.15) is 0 Å². The molecule has 0 spiro atoms. The van der Waals surface area contributed by atoms with Gasteiger partial charge in [0.1, 0.15) is 6.04 Å². The Morgan fingerprint density at radius 3 is 2.38 bits per heavy atom. The van der Waals surface area contributed by atoms with Crippen LogP contribution in [-0.4, -0.2) is 41.1 Å². The fraction of sp³-hybridized carbons (Fsp3) is 0.292. The van der Waals surface area contributed by atoms with Crippen LogP contribution in [0.1, 0.15) is 29.3 Å². The van der Waals surface area contributed by atoms with Crippen LogP contribution in [0.2, 0.25) is 0 Å². The van der Waals surface area contributed by atoms with Crippen LogP contribution >= 0.6 is 0 Å². The number of rotatable bonds is 4. The van der Waals surface area contributed by atoms with E-state index in [0.29, 0.717) is 18.5 Å². The van der Waals surface area contributed by atoms with Crippen LogP contribution in [0.25, 0.3) is 6.08 Å². The van der Waals surface area contributed by atoms with Crippen molar-refractivity contribution in [2.75, 3.05) is 11.4 Å². The van der Waals surface area contributed by atoms with Crippen LogP contribution < -0.4 is 4.90 Å². The number of ketones is 1. The van der Waals surface area contributed by atoms with E-state index in [2.05, 4.69) is 0 Å². The minimum Gasteiger partial charge on any atom is -0.352 e. The zero-order chi connectivity index (χ0) is 20.1. The predicted molar refractivity (Wildman–Crippen MR) is 110 cm³/mol. The fourth-order valence-electron chi connectivity index (χ4n) is 5.09. The highest BCUT2D eigenvalue weighted by Gasteiger charge is 2.63. The zero-order valence-corrected chi connectivity index (χ0v) is 16.2. The summed E-state index contributed by atoms with van der Waals surface area (Å²) in [7, 11) is 0. The molecular weight excluding hydrogens is 364 g/mol. The summed E-state index contributed by atoms with van der Waals surface area (Å²) >= 11 is 0. The second-order valence-corrected chi connectivity index (χ2v) is 7.87. The van der Waals surface area contributed by atoms with E-state index in [-0.39, 0.29) is 23.6 Å². The Morgan fingerprint density at radius 2 is 1.62 bits per heavy atom. The van der Waals surface area contributed by atoms with E-state index < -0.39 is 17.9 Å². The van der Waals surface area contributed by atoms with Crippen molar-refractivity contribution >= 4 is 29.4 Å². The number of carbonyl (C=O) groups is 3. The maximum Gasteiger partial charge on any atom is 0.235 e. The lowest BCUT2D eigenvalue weighted by Crippen LogP contribution is -2.48. The number of likely N-dealkylation sites (tertiary alicyclic amines) is 1. The molecule has 2 aromatic carbocycles. The van der Waals surface area contributed by atoms with Crippen molar-refractivity contribution in [3.05, 3.63) is 71.8 Å².